The molecular weight excluding hydrogens is 384 g/mol. The van der Waals surface area contributed by atoms with E-state index in [1.165, 1.54) is 24.9 Å². The lowest BCUT2D eigenvalue weighted by Crippen LogP contribution is -2.70. The Hall–Kier alpha value is -3.14. The summed E-state index contributed by atoms with van der Waals surface area (Å²) >= 11 is 1.33. The number of hydrogen-bond donors (Lipinski definition) is 3. The molecule has 28 heavy (non-hydrogen) atoms. The van der Waals surface area contributed by atoms with Crippen LogP contribution in [0.5, 0.6) is 0 Å². The van der Waals surface area contributed by atoms with Crippen molar-refractivity contribution >= 4 is 41.7 Å². The van der Waals surface area contributed by atoms with E-state index in [1.807, 2.05) is 30.3 Å². The van der Waals surface area contributed by atoms with Crippen LogP contribution in [0, 0.1) is 0 Å². The van der Waals surface area contributed by atoms with Gasteiger partial charge in [0.2, 0.25) is 11.8 Å². The van der Waals surface area contributed by atoms with Crippen molar-refractivity contribution < 1.29 is 24.3 Å². The van der Waals surface area contributed by atoms with E-state index in [1.54, 1.807) is 0 Å². The first-order valence-corrected chi connectivity index (χ1v) is 9.47. The summed E-state index contributed by atoms with van der Waals surface area (Å²) in [5, 5.41) is 15.4. The minimum absolute atomic E-state index is 0.137. The second kappa shape index (κ2) is 8.26. The summed E-state index contributed by atoms with van der Waals surface area (Å²) < 4.78 is 0. The number of benzene rings is 1. The third kappa shape index (κ3) is 4.06. The number of carboxylic acids is 1. The highest BCUT2D eigenvalue weighted by Gasteiger charge is 2.54. The molecule has 1 aromatic rings. The molecule has 2 heterocycles. The maximum Gasteiger partial charge on any atom is 0.353 e. The molecule has 2 aliphatic heterocycles. The predicted octanol–water partition coefficient (Wildman–Crippen LogP) is 0.0896. The number of amides is 3. The summed E-state index contributed by atoms with van der Waals surface area (Å²) in [5.74, 6) is -2.16. The molecule has 1 unspecified atom stereocenters. The summed E-state index contributed by atoms with van der Waals surface area (Å²) in [7, 11) is 0. The van der Waals surface area contributed by atoms with Crippen molar-refractivity contribution in [2.24, 2.45) is 5.10 Å². The molecule has 0 aromatic heterocycles. The maximum atomic E-state index is 12.5. The molecule has 3 amide bonds. The second-order valence-corrected chi connectivity index (χ2v) is 7.33. The first kappa shape index (κ1) is 19.6. The highest BCUT2D eigenvalue weighted by molar-refractivity contribution is 8.00. The van der Waals surface area contributed by atoms with Gasteiger partial charge in [-0.05, 0) is 5.56 Å². The molecule has 0 saturated carbocycles. The second-order valence-electron chi connectivity index (χ2n) is 6.22. The maximum absolute atomic E-state index is 12.5. The molecule has 0 aliphatic carbocycles. The number of β-lactam (4-membered cyclic amide) rings is 1. The molecule has 3 rings (SSSR count). The number of thioether (sulfide) groups is 1. The van der Waals surface area contributed by atoms with E-state index < -0.39 is 29.2 Å². The van der Waals surface area contributed by atoms with Gasteiger partial charge in [-0.25, -0.2) is 10.2 Å². The lowest BCUT2D eigenvalue weighted by Gasteiger charge is -2.49. The third-order valence-corrected chi connectivity index (χ3v) is 5.47. The largest absolute Gasteiger partial charge is 0.477 e. The Morgan fingerprint density at radius 3 is 2.68 bits per heavy atom. The zero-order valence-corrected chi connectivity index (χ0v) is 15.7. The Morgan fingerprint density at radius 1 is 1.32 bits per heavy atom. The van der Waals surface area contributed by atoms with Crippen LogP contribution in [-0.4, -0.2) is 57.1 Å². The zero-order chi connectivity index (χ0) is 20.3. The van der Waals surface area contributed by atoms with Crippen LogP contribution in [0.25, 0.3) is 0 Å². The average Bonchev–Trinajstić information content (AvgIpc) is 2.66. The van der Waals surface area contributed by atoms with Crippen molar-refractivity contribution in [3.63, 3.8) is 0 Å². The summed E-state index contributed by atoms with van der Waals surface area (Å²) in [6, 6.07) is 8.35. The van der Waals surface area contributed by atoms with Gasteiger partial charge in [-0.3, -0.25) is 19.3 Å². The van der Waals surface area contributed by atoms with Crippen LogP contribution in [0.3, 0.4) is 0 Å². The lowest BCUT2D eigenvalue weighted by atomic mass is 10.0. The molecule has 9 nitrogen and oxygen atoms in total. The Kier molecular flexibility index (Phi) is 5.78. The number of fused-ring (bicyclic) bond motifs is 1. The molecule has 0 bridgehead atoms. The van der Waals surface area contributed by atoms with Crippen molar-refractivity contribution in [3.8, 4) is 0 Å². The molecule has 0 spiro atoms. The van der Waals surface area contributed by atoms with E-state index in [0.29, 0.717) is 5.57 Å². The van der Waals surface area contributed by atoms with Crippen molar-refractivity contribution in [2.75, 3.05) is 5.75 Å². The monoisotopic (exact) mass is 402 g/mol. The van der Waals surface area contributed by atoms with Crippen LogP contribution < -0.4 is 10.7 Å². The van der Waals surface area contributed by atoms with Crippen LogP contribution in [0.1, 0.15) is 12.5 Å². The standard InChI is InChI=1S/C18H18N4O5S/c1-10(23)21-19-8-12-9-28-17-14(16(25)22(17)15(12)18(26)27)20-13(24)7-11-5-3-2-4-6-11/h2-6,8,14,17H,7,9H2,1H3,(H,20,24)(H,21,23)(H,26,27)/t14?,17-/m1/s1. The number of hydrogen-bond acceptors (Lipinski definition) is 6. The van der Waals surface area contributed by atoms with Crippen molar-refractivity contribution in [3.05, 3.63) is 47.2 Å². The van der Waals surface area contributed by atoms with Gasteiger partial charge in [-0.2, -0.15) is 5.10 Å². The van der Waals surface area contributed by atoms with Gasteiger partial charge in [0.25, 0.3) is 5.91 Å². The van der Waals surface area contributed by atoms with E-state index in [2.05, 4.69) is 15.8 Å². The van der Waals surface area contributed by atoms with Crippen LogP contribution >= 0.6 is 11.8 Å². The number of nitrogens with one attached hydrogen (secondary N) is 2. The molecule has 1 saturated heterocycles. The molecule has 3 N–H and O–H groups in total. The van der Waals surface area contributed by atoms with Gasteiger partial charge in [-0.15, -0.1) is 11.8 Å². The van der Waals surface area contributed by atoms with Gasteiger partial charge in [0.1, 0.15) is 17.1 Å². The minimum Gasteiger partial charge on any atom is -0.477 e. The number of hydrazone groups is 1. The normalized spacial score (nSPS) is 21.2. The molecule has 2 aliphatic rings. The Balaban J connectivity index is 1.70. The molecule has 2 atom stereocenters. The van der Waals surface area contributed by atoms with E-state index in [9.17, 15) is 24.3 Å². The number of rotatable bonds is 6. The fourth-order valence-corrected chi connectivity index (χ4v) is 4.25. The quantitative estimate of drug-likeness (QED) is 0.351. The van der Waals surface area contributed by atoms with Gasteiger partial charge >= 0.3 is 5.97 Å². The topological polar surface area (TPSA) is 128 Å². The van der Waals surface area contributed by atoms with Crippen molar-refractivity contribution in [2.45, 2.75) is 24.8 Å². The smallest absolute Gasteiger partial charge is 0.353 e. The van der Waals surface area contributed by atoms with E-state index >= 15 is 0 Å². The van der Waals surface area contributed by atoms with Gasteiger partial charge in [-0.1, -0.05) is 30.3 Å². The highest BCUT2D eigenvalue weighted by Crippen LogP contribution is 2.39. The first-order chi connectivity index (χ1) is 13.4. The number of carbonyl (C=O) groups is 4. The molecule has 0 radical (unpaired) electrons. The van der Waals surface area contributed by atoms with E-state index in [0.717, 1.165) is 10.5 Å². The average molecular weight is 402 g/mol. The van der Waals surface area contributed by atoms with Crippen LogP contribution in [0.15, 0.2) is 46.7 Å². The third-order valence-electron chi connectivity index (χ3n) is 4.17. The van der Waals surface area contributed by atoms with Crippen LogP contribution in [0.2, 0.25) is 0 Å². The van der Waals surface area contributed by atoms with E-state index in [-0.39, 0.29) is 23.8 Å². The number of aliphatic carboxylic acids is 1. The lowest BCUT2D eigenvalue weighted by molar-refractivity contribution is -0.150. The fraction of sp³-hybridized carbons (Fsp3) is 0.278. The Bertz CT molecular complexity index is 883. The zero-order valence-electron chi connectivity index (χ0n) is 14.9. The number of carboxylic acid groups (broad SMARTS) is 1. The van der Waals surface area contributed by atoms with Gasteiger partial charge < -0.3 is 10.4 Å². The number of carbonyl (C=O) groups excluding carboxylic acids is 3. The van der Waals surface area contributed by atoms with E-state index in [4.69, 9.17) is 0 Å². The van der Waals surface area contributed by atoms with Crippen LogP contribution in [0.4, 0.5) is 0 Å². The van der Waals surface area contributed by atoms with Gasteiger partial charge in [0.15, 0.2) is 0 Å². The Morgan fingerprint density at radius 2 is 2.04 bits per heavy atom. The predicted molar refractivity (Wildman–Crippen MR) is 102 cm³/mol. The number of nitrogens with zero attached hydrogens (tertiary/aromatic N) is 2. The summed E-state index contributed by atoms with van der Waals surface area (Å²) in [6.45, 7) is 1.27. The highest BCUT2D eigenvalue weighted by atomic mass is 32.2. The van der Waals surface area contributed by atoms with Crippen molar-refractivity contribution in [1.82, 2.24) is 15.6 Å². The molecule has 1 aromatic carbocycles. The molecule has 146 valence electrons. The fourth-order valence-electron chi connectivity index (χ4n) is 2.95. The van der Waals surface area contributed by atoms with Gasteiger partial charge in [0, 0.05) is 18.2 Å². The SMILES string of the molecule is CC(=O)NN=CC1=C(C(=O)O)N2C(=O)C(NC(=O)Cc3ccccc3)[C@H]2SC1. The molecular formula is C18H18N4O5S. The molecule has 1 fully saturated rings. The minimum atomic E-state index is -1.27. The molecule has 10 heteroatoms. The van der Waals surface area contributed by atoms with Crippen LogP contribution in [-0.2, 0) is 25.6 Å². The Labute approximate surface area is 164 Å². The summed E-state index contributed by atoms with van der Waals surface area (Å²) in [4.78, 5) is 48.5. The summed E-state index contributed by atoms with van der Waals surface area (Å²) in [5.41, 5.74) is 3.15. The van der Waals surface area contributed by atoms with Gasteiger partial charge in [0.05, 0.1) is 12.6 Å². The summed E-state index contributed by atoms with van der Waals surface area (Å²) in [6.07, 6.45) is 1.36. The first-order valence-electron chi connectivity index (χ1n) is 8.42. The van der Waals surface area contributed by atoms with Crippen molar-refractivity contribution in [1.29, 1.82) is 0 Å².